The molecule has 4 nitrogen and oxygen atoms in total. The summed E-state index contributed by atoms with van der Waals surface area (Å²) in [6.45, 7) is 3.95. The Balaban J connectivity index is 2.05. The van der Waals surface area contributed by atoms with Gasteiger partial charge in [0.2, 0.25) is 0 Å². The summed E-state index contributed by atoms with van der Waals surface area (Å²) in [5.74, 6) is 1.49. The van der Waals surface area contributed by atoms with Gasteiger partial charge in [-0.05, 0) is 30.3 Å². The first-order valence-electron chi connectivity index (χ1n) is 8.24. The molecule has 0 bridgehead atoms. The number of halogens is 1. The summed E-state index contributed by atoms with van der Waals surface area (Å²) in [5.41, 5.74) is 2.55. The van der Waals surface area contributed by atoms with Gasteiger partial charge in [0.15, 0.2) is 5.60 Å². The first-order valence-corrected chi connectivity index (χ1v) is 9.03. The van der Waals surface area contributed by atoms with E-state index in [1.54, 1.807) is 19.5 Å². The average Bonchev–Trinajstić information content (AvgIpc) is 2.68. The summed E-state index contributed by atoms with van der Waals surface area (Å²) in [4.78, 5) is 9.27. The molecule has 0 radical (unpaired) electrons. The van der Waals surface area contributed by atoms with Gasteiger partial charge in [-0.2, -0.15) is 0 Å². The second kappa shape index (κ2) is 6.57. The molecular weight excluding hydrogens is 392 g/mol. The summed E-state index contributed by atoms with van der Waals surface area (Å²) in [7, 11) is 1.65. The summed E-state index contributed by atoms with van der Waals surface area (Å²) >= 11 is 3.51. The second-order valence-electron chi connectivity index (χ2n) is 6.02. The Kier molecular flexibility index (Phi) is 4.24. The molecule has 0 amide bonds. The molecule has 1 aliphatic heterocycles. The van der Waals surface area contributed by atoms with E-state index < -0.39 is 5.60 Å². The van der Waals surface area contributed by atoms with Crippen molar-refractivity contribution in [2.24, 2.45) is 0 Å². The van der Waals surface area contributed by atoms with E-state index >= 15 is 0 Å². The van der Waals surface area contributed by atoms with Gasteiger partial charge in [0, 0.05) is 34.4 Å². The summed E-state index contributed by atoms with van der Waals surface area (Å²) in [6.07, 6.45) is 5.77. The van der Waals surface area contributed by atoms with Crippen molar-refractivity contribution in [3.05, 3.63) is 83.2 Å². The predicted molar refractivity (Wildman–Crippen MR) is 104 cm³/mol. The molecular formula is C21H17BrN2O2. The molecule has 0 fully saturated rings. The highest BCUT2D eigenvalue weighted by atomic mass is 79.9. The van der Waals surface area contributed by atoms with Crippen LogP contribution in [-0.2, 0) is 5.60 Å². The van der Waals surface area contributed by atoms with Gasteiger partial charge in [-0.25, -0.2) is 0 Å². The fraction of sp³-hybridized carbons (Fsp3) is 0.143. The monoisotopic (exact) mass is 408 g/mol. The number of nitrogens with zero attached hydrogens (tertiary/aromatic N) is 2. The van der Waals surface area contributed by atoms with E-state index in [1.165, 1.54) is 0 Å². The number of methoxy groups -OCH3 is 1. The largest absolute Gasteiger partial charge is 0.496 e. The zero-order valence-corrected chi connectivity index (χ0v) is 15.9. The van der Waals surface area contributed by atoms with Crippen LogP contribution < -0.4 is 9.47 Å². The third-order valence-electron chi connectivity index (χ3n) is 4.54. The van der Waals surface area contributed by atoms with Gasteiger partial charge in [-0.1, -0.05) is 34.1 Å². The number of benzene rings is 2. The predicted octanol–water partition coefficient (Wildman–Crippen LogP) is 5.13. The molecule has 2 aromatic carbocycles. The van der Waals surface area contributed by atoms with Gasteiger partial charge >= 0.3 is 0 Å². The van der Waals surface area contributed by atoms with Gasteiger partial charge < -0.3 is 9.47 Å². The Labute approximate surface area is 160 Å². The van der Waals surface area contributed by atoms with E-state index in [4.69, 9.17) is 9.47 Å². The zero-order chi connectivity index (χ0) is 18.1. The minimum absolute atomic E-state index is 0.533. The van der Waals surface area contributed by atoms with Crippen molar-refractivity contribution in [2.75, 3.05) is 7.11 Å². The molecule has 0 N–H and O–H groups in total. The van der Waals surface area contributed by atoms with Crippen LogP contribution in [0.25, 0.3) is 11.3 Å². The first-order chi connectivity index (χ1) is 12.7. The molecule has 1 aromatic heterocycles. The van der Waals surface area contributed by atoms with Crippen LogP contribution in [-0.4, -0.2) is 17.1 Å². The highest BCUT2D eigenvalue weighted by Crippen LogP contribution is 2.50. The zero-order valence-electron chi connectivity index (χ0n) is 14.3. The van der Waals surface area contributed by atoms with E-state index in [9.17, 15) is 0 Å². The van der Waals surface area contributed by atoms with E-state index in [0.29, 0.717) is 6.42 Å². The van der Waals surface area contributed by atoms with Crippen LogP contribution in [0.3, 0.4) is 0 Å². The van der Waals surface area contributed by atoms with Crippen LogP contribution >= 0.6 is 15.9 Å². The van der Waals surface area contributed by atoms with Crippen LogP contribution in [0.1, 0.15) is 17.7 Å². The van der Waals surface area contributed by atoms with Crippen LogP contribution in [0.2, 0.25) is 0 Å². The maximum absolute atomic E-state index is 6.59. The normalized spacial score (nSPS) is 17.6. The molecule has 130 valence electrons. The minimum Gasteiger partial charge on any atom is -0.496 e. The van der Waals surface area contributed by atoms with Crippen molar-refractivity contribution in [1.82, 2.24) is 9.97 Å². The second-order valence-corrected chi connectivity index (χ2v) is 6.93. The maximum atomic E-state index is 6.59. The Hall–Kier alpha value is -2.66. The van der Waals surface area contributed by atoms with Crippen LogP contribution in [0, 0.1) is 0 Å². The summed E-state index contributed by atoms with van der Waals surface area (Å²) in [5, 5.41) is 0. The molecule has 5 heteroatoms. The molecule has 2 heterocycles. The van der Waals surface area contributed by atoms with Crippen molar-refractivity contribution in [3.8, 4) is 22.8 Å². The lowest BCUT2D eigenvalue weighted by molar-refractivity contribution is 0.102. The summed E-state index contributed by atoms with van der Waals surface area (Å²) < 4.78 is 13.2. The molecule has 3 aromatic rings. The van der Waals surface area contributed by atoms with Gasteiger partial charge in [-0.3, -0.25) is 9.97 Å². The van der Waals surface area contributed by atoms with Crippen molar-refractivity contribution in [2.45, 2.75) is 12.0 Å². The molecule has 0 spiro atoms. The number of fused-ring (bicyclic) bond motifs is 3. The lowest BCUT2D eigenvalue weighted by Gasteiger charge is -2.39. The first kappa shape index (κ1) is 16.8. The third-order valence-corrected chi connectivity index (χ3v) is 5.03. The lowest BCUT2D eigenvalue weighted by atomic mass is 9.81. The topological polar surface area (TPSA) is 44.2 Å². The number of hydrogen-bond donors (Lipinski definition) is 0. The molecule has 26 heavy (non-hydrogen) atoms. The van der Waals surface area contributed by atoms with Gasteiger partial charge in [0.25, 0.3) is 0 Å². The third kappa shape index (κ3) is 2.51. The highest BCUT2D eigenvalue weighted by molar-refractivity contribution is 9.10. The SMILES string of the molecule is C=CCC1(c2ccc(Br)cc2OC)Oc2ccccc2-c2nccnc21. The maximum Gasteiger partial charge on any atom is 0.185 e. The molecule has 0 saturated heterocycles. The number of ether oxygens (including phenoxy) is 2. The van der Waals surface area contributed by atoms with E-state index in [2.05, 4.69) is 32.5 Å². The van der Waals surface area contributed by atoms with Crippen molar-refractivity contribution < 1.29 is 9.47 Å². The van der Waals surface area contributed by atoms with Crippen LogP contribution in [0.15, 0.2) is 72.0 Å². The Morgan fingerprint density at radius 3 is 2.81 bits per heavy atom. The van der Waals surface area contributed by atoms with E-state index in [1.807, 2.05) is 48.5 Å². The van der Waals surface area contributed by atoms with Crippen molar-refractivity contribution in [1.29, 1.82) is 0 Å². The standard InChI is InChI=1S/C21H17BrN2O2/c1-3-10-21(16-9-8-14(22)13-18(16)25-2)20-19(23-11-12-24-20)15-6-4-5-7-17(15)26-21/h3-9,11-13H,1,10H2,2H3. The minimum atomic E-state index is -0.855. The Bertz CT molecular complexity index is 989. The molecule has 4 rings (SSSR count). The summed E-state index contributed by atoms with van der Waals surface area (Å²) in [6, 6.07) is 13.8. The van der Waals surface area contributed by atoms with Gasteiger partial charge in [-0.15, -0.1) is 6.58 Å². The molecule has 0 aliphatic carbocycles. The van der Waals surface area contributed by atoms with Crippen molar-refractivity contribution >= 4 is 15.9 Å². The fourth-order valence-corrected chi connectivity index (χ4v) is 3.79. The van der Waals surface area contributed by atoms with E-state index in [0.717, 1.165) is 38.5 Å². The van der Waals surface area contributed by atoms with Crippen LogP contribution in [0.5, 0.6) is 11.5 Å². The van der Waals surface area contributed by atoms with Gasteiger partial charge in [0.05, 0.1) is 12.8 Å². The van der Waals surface area contributed by atoms with Crippen LogP contribution in [0.4, 0.5) is 0 Å². The lowest BCUT2D eigenvalue weighted by Crippen LogP contribution is -2.38. The van der Waals surface area contributed by atoms with E-state index in [-0.39, 0.29) is 0 Å². The molecule has 1 aliphatic rings. The fourth-order valence-electron chi connectivity index (χ4n) is 3.45. The molecule has 1 atom stereocenters. The molecule has 0 saturated carbocycles. The highest BCUT2D eigenvalue weighted by Gasteiger charge is 2.45. The number of hydrogen-bond acceptors (Lipinski definition) is 4. The quantitative estimate of drug-likeness (QED) is 0.561. The Morgan fingerprint density at radius 2 is 2.00 bits per heavy atom. The smallest absolute Gasteiger partial charge is 0.185 e. The Morgan fingerprint density at radius 1 is 1.19 bits per heavy atom. The number of para-hydroxylation sites is 1. The number of rotatable bonds is 4. The van der Waals surface area contributed by atoms with Crippen molar-refractivity contribution in [3.63, 3.8) is 0 Å². The number of aromatic nitrogens is 2. The van der Waals surface area contributed by atoms with Gasteiger partial charge in [0.1, 0.15) is 17.2 Å². The molecule has 1 unspecified atom stereocenters. The average molecular weight is 409 g/mol.